The molecule has 0 amide bonds. The minimum Gasteiger partial charge on any atom is -0.388 e. The molecule has 2 unspecified atom stereocenters. The highest BCUT2D eigenvalue weighted by atomic mass is 16.3. The second-order valence-corrected chi connectivity index (χ2v) is 4.42. The Bertz CT molecular complexity index is 467. The van der Waals surface area contributed by atoms with Crippen LogP contribution in [-0.4, -0.2) is 20.1 Å². The summed E-state index contributed by atoms with van der Waals surface area (Å²) in [5, 5.41) is 18.1. The van der Waals surface area contributed by atoms with Gasteiger partial charge in [-0.05, 0) is 17.9 Å². The largest absolute Gasteiger partial charge is 0.388 e. The van der Waals surface area contributed by atoms with Gasteiger partial charge in [-0.3, -0.25) is 4.68 Å². The number of aromatic nitrogens is 3. The predicted octanol–water partition coefficient (Wildman–Crippen LogP) is 1.73. The molecule has 1 heterocycles. The van der Waals surface area contributed by atoms with Crippen LogP contribution in [0.4, 0.5) is 0 Å². The van der Waals surface area contributed by atoms with Crippen LogP contribution in [0.25, 0.3) is 0 Å². The van der Waals surface area contributed by atoms with Crippen LogP contribution in [0.2, 0.25) is 0 Å². The van der Waals surface area contributed by atoms with Crippen LogP contribution in [0.3, 0.4) is 0 Å². The highest BCUT2D eigenvalue weighted by Gasteiger charge is 2.17. The summed E-state index contributed by atoms with van der Waals surface area (Å²) in [4.78, 5) is 0. The van der Waals surface area contributed by atoms with Crippen LogP contribution in [-0.2, 0) is 13.5 Å². The molecule has 4 nitrogen and oxygen atoms in total. The smallest absolute Gasteiger partial charge is 0.0830 e. The van der Waals surface area contributed by atoms with Gasteiger partial charge in [0.1, 0.15) is 0 Å². The molecule has 17 heavy (non-hydrogen) atoms. The number of rotatable bonds is 4. The summed E-state index contributed by atoms with van der Waals surface area (Å²) in [6.45, 7) is 2.02. The topological polar surface area (TPSA) is 50.9 Å². The fraction of sp³-hybridized carbons (Fsp3) is 0.385. The molecule has 0 bridgehead atoms. The molecule has 0 aliphatic carbocycles. The van der Waals surface area contributed by atoms with Crippen molar-refractivity contribution < 1.29 is 5.11 Å². The summed E-state index contributed by atoms with van der Waals surface area (Å²) in [6, 6.07) is 9.71. The lowest BCUT2D eigenvalue weighted by Gasteiger charge is -2.17. The molecule has 1 aromatic heterocycles. The molecule has 2 aromatic rings. The second-order valence-electron chi connectivity index (χ2n) is 4.42. The lowest BCUT2D eigenvalue weighted by Crippen LogP contribution is -2.12. The third kappa shape index (κ3) is 2.91. The molecule has 0 aliphatic heterocycles. The van der Waals surface area contributed by atoms with E-state index in [1.807, 2.05) is 50.5 Å². The predicted molar refractivity (Wildman–Crippen MR) is 65.3 cm³/mol. The van der Waals surface area contributed by atoms with Crippen LogP contribution in [0, 0.1) is 5.92 Å². The van der Waals surface area contributed by atoms with Crippen LogP contribution in [0.5, 0.6) is 0 Å². The minimum atomic E-state index is -0.460. The van der Waals surface area contributed by atoms with Gasteiger partial charge >= 0.3 is 0 Å². The van der Waals surface area contributed by atoms with E-state index in [0.717, 1.165) is 17.7 Å². The molecule has 1 aromatic carbocycles. The van der Waals surface area contributed by atoms with Gasteiger partial charge < -0.3 is 5.11 Å². The average Bonchev–Trinajstić information content (AvgIpc) is 2.75. The molecule has 90 valence electrons. The van der Waals surface area contributed by atoms with E-state index < -0.39 is 6.10 Å². The number of benzene rings is 1. The van der Waals surface area contributed by atoms with Crippen molar-refractivity contribution in [1.82, 2.24) is 15.0 Å². The molecule has 4 heteroatoms. The Morgan fingerprint density at radius 2 is 2.00 bits per heavy atom. The SMILES string of the molecule is CC(Cc1cn(C)nn1)C(O)c1ccccc1. The third-order valence-electron chi connectivity index (χ3n) is 2.86. The van der Waals surface area contributed by atoms with Crippen molar-refractivity contribution in [1.29, 1.82) is 0 Å². The fourth-order valence-electron chi connectivity index (χ4n) is 1.91. The number of hydrogen-bond acceptors (Lipinski definition) is 3. The van der Waals surface area contributed by atoms with E-state index in [1.54, 1.807) is 4.68 Å². The van der Waals surface area contributed by atoms with Gasteiger partial charge in [-0.1, -0.05) is 42.5 Å². The summed E-state index contributed by atoms with van der Waals surface area (Å²) in [5.74, 6) is 0.120. The normalized spacial score (nSPS) is 14.5. The first-order valence-corrected chi connectivity index (χ1v) is 5.75. The van der Waals surface area contributed by atoms with Gasteiger partial charge in [0.25, 0.3) is 0 Å². The van der Waals surface area contributed by atoms with Crippen LogP contribution in [0.1, 0.15) is 24.3 Å². The van der Waals surface area contributed by atoms with E-state index in [2.05, 4.69) is 10.3 Å². The third-order valence-corrected chi connectivity index (χ3v) is 2.86. The van der Waals surface area contributed by atoms with E-state index >= 15 is 0 Å². The maximum Gasteiger partial charge on any atom is 0.0830 e. The van der Waals surface area contributed by atoms with Crippen molar-refractivity contribution in [2.75, 3.05) is 0 Å². The van der Waals surface area contributed by atoms with Crippen molar-refractivity contribution in [3.8, 4) is 0 Å². The molecule has 2 atom stereocenters. The van der Waals surface area contributed by atoms with E-state index in [0.29, 0.717) is 0 Å². The van der Waals surface area contributed by atoms with Crippen LogP contribution >= 0.6 is 0 Å². The molecule has 0 saturated heterocycles. The number of aliphatic hydroxyl groups is 1. The summed E-state index contributed by atoms with van der Waals surface area (Å²) >= 11 is 0. The number of aliphatic hydroxyl groups excluding tert-OH is 1. The van der Waals surface area contributed by atoms with E-state index in [-0.39, 0.29) is 5.92 Å². The monoisotopic (exact) mass is 231 g/mol. The van der Waals surface area contributed by atoms with Gasteiger partial charge in [0, 0.05) is 13.2 Å². The highest BCUT2D eigenvalue weighted by Crippen LogP contribution is 2.23. The molecule has 1 N–H and O–H groups in total. The van der Waals surface area contributed by atoms with Gasteiger partial charge in [-0.25, -0.2) is 0 Å². The lowest BCUT2D eigenvalue weighted by atomic mass is 9.94. The van der Waals surface area contributed by atoms with Crippen molar-refractivity contribution >= 4 is 0 Å². The summed E-state index contributed by atoms with van der Waals surface area (Å²) in [6.07, 6.45) is 2.15. The molecule has 0 radical (unpaired) electrons. The van der Waals surface area contributed by atoms with Gasteiger partial charge in [0.05, 0.1) is 11.8 Å². The first-order valence-electron chi connectivity index (χ1n) is 5.75. The molecular weight excluding hydrogens is 214 g/mol. The van der Waals surface area contributed by atoms with Gasteiger partial charge in [-0.2, -0.15) is 0 Å². The van der Waals surface area contributed by atoms with Crippen molar-refractivity contribution in [3.63, 3.8) is 0 Å². The quantitative estimate of drug-likeness (QED) is 0.871. The molecule has 2 rings (SSSR count). The zero-order chi connectivity index (χ0) is 12.3. The van der Waals surface area contributed by atoms with Crippen LogP contribution in [0.15, 0.2) is 36.5 Å². The summed E-state index contributed by atoms with van der Waals surface area (Å²) in [7, 11) is 1.84. The van der Waals surface area contributed by atoms with E-state index in [4.69, 9.17) is 0 Å². The average molecular weight is 231 g/mol. The maximum atomic E-state index is 10.2. The number of hydrogen-bond donors (Lipinski definition) is 1. The Kier molecular flexibility index (Phi) is 3.54. The zero-order valence-corrected chi connectivity index (χ0v) is 10.1. The van der Waals surface area contributed by atoms with E-state index in [1.165, 1.54) is 0 Å². The molecular formula is C13H17N3O. The maximum absolute atomic E-state index is 10.2. The van der Waals surface area contributed by atoms with E-state index in [9.17, 15) is 5.11 Å². The Morgan fingerprint density at radius 3 is 2.59 bits per heavy atom. The van der Waals surface area contributed by atoms with Gasteiger partial charge in [-0.15, -0.1) is 5.10 Å². The zero-order valence-electron chi connectivity index (χ0n) is 10.1. The lowest BCUT2D eigenvalue weighted by molar-refractivity contribution is 0.117. The molecule has 0 spiro atoms. The molecule has 0 saturated carbocycles. The summed E-state index contributed by atoms with van der Waals surface area (Å²) < 4.78 is 1.68. The first-order chi connectivity index (χ1) is 8.16. The Hall–Kier alpha value is -1.68. The van der Waals surface area contributed by atoms with Crippen LogP contribution < -0.4 is 0 Å². The van der Waals surface area contributed by atoms with Crippen molar-refractivity contribution in [3.05, 3.63) is 47.8 Å². The number of nitrogens with zero attached hydrogens (tertiary/aromatic N) is 3. The first kappa shape index (κ1) is 11.8. The molecule has 0 aliphatic rings. The second kappa shape index (κ2) is 5.10. The fourth-order valence-corrected chi connectivity index (χ4v) is 1.91. The van der Waals surface area contributed by atoms with Gasteiger partial charge in [0.2, 0.25) is 0 Å². The molecule has 0 fully saturated rings. The minimum absolute atomic E-state index is 0.120. The highest BCUT2D eigenvalue weighted by molar-refractivity contribution is 5.18. The Balaban J connectivity index is 2.03. The Morgan fingerprint density at radius 1 is 1.29 bits per heavy atom. The van der Waals surface area contributed by atoms with Gasteiger partial charge in [0.15, 0.2) is 0 Å². The number of aryl methyl sites for hydroxylation is 1. The van der Waals surface area contributed by atoms with Crippen molar-refractivity contribution in [2.45, 2.75) is 19.4 Å². The standard InChI is InChI=1S/C13H17N3O/c1-10(8-12-9-16(2)15-14-12)13(17)11-6-4-3-5-7-11/h3-7,9-10,13,17H,8H2,1-2H3. The Labute approximate surface area is 101 Å². The summed E-state index contributed by atoms with van der Waals surface area (Å²) in [5.41, 5.74) is 1.86. The van der Waals surface area contributed by atoms with Crippen molar-refractivity contribution in [2.24, 2.45) is 13.0 Å².